The van der Waals surface area contributed by atoms with Crippen molar-refractivity contribution in [3.63, 3.8) is 0 Å². The van der Waals surface area contributed by atoms with Crippen molar-refractivity contribution in [2.75, 3.05) is 19.0 Å². The van der Waals surface area contributed by atoms with Gasteiger partial charge in [-0.2, -0.15) is 0 Å². The van der Waals surface area contributed by atoms with Gasteiger partial charge in [-0.25, -0.2) is 0 Å². The number of hydrogen-bond acceptors (Lipinski definition) is 5. The Balaban J connectivity index is 1.29. The summed E-state index contributed by atoms with van der Waals surface area (Å²) in [6.07, 6.45) is 0.736. The molecule has 6 heteroatoms. The van der Waals surface area contributed by atoms with Gasteiger partial charge in [0.05, 0.1) is 5.92 Å². The fourth-order valence-corrected chi connectivity index (χ4v) is 3.90. The van der Waals surface area contributed by atoms with Crippen LogP contribution in [0, 0.1) is 12.8 Å². The number of carbonyl (C=O) groups is 1. The van der Waals surface area contributed by atoms with Crippen LogP contribution in [-0.2, 0) is 16.2 Å². The van der Waals surface area contributed by atoms with Crippen molar-refractivity contribution in [1.82, 2.24) is 0 Å². The number of aryl methyl sites for hydroxylation is 1. The molecule has 0 heterocycles. The average Bonchev–Trinajstić information content (AvgIpc) is 3.63. The summed E-state index contributed by atoms with van der Waals surface area (Å²) in [5.74, 6) is -0.00706. The molecule has 6 nitrogen and oxygen atoms in total. The van der Waals surface area contributed by atoms with Gasteiger partial charge < -0.3 is 20.0 Å². The Morgan fingerprint density at radius 3 is 2.42 bits per heavy atom. The van der Waals surface area contributed by atoms with E-state index < -0.39 is 5.97 Å². The molecule has 3 aromatic carbocycles. The quantitative estimate of drug-likeness (QED) is 0.331. The normalized spacial score (nSPS) is 17.3. The van der Waals surface area contributed by atoms with Gasteiger partial charge in [0.15, 0.2) is 0 Å². The van der Waals surface area contributed by atoms with E-state index in [4.69, 9.17) is 14.7 Å². The molecular weight excluding hydrogens is 416 g/mol. The molecule has 0 aliphatic heterocycles. The monoisotopic (exact) mass is 444 g/mol. The fraction of sp³-hybridized carbons (Fsp3) is 0.259. The molecule has 0 radical (unpaired) electrons. The summed E-state index contributed by atoms with van der Waals surface area (Å²) in [5.41, 5.74) is 6.09. The van der Waals surface area contributed by atoms with E-state index in [0.717, 1.165) is 45.8 Å². The summed E-state index contributed by atoms with van der Waals surface area (Å²) >= 11 is 0. The van der Waals surface area contributed by atoms with Crippen LogP contribution in [0.2, 0.25) is 0 Å². The van der Waals surface area contributed by atoms with Crippen molar-refractivity contribution in [2.45, 2.75) is 25.8 Å². The molecule has 1 aliphatic carbocycles. The highest BCUT2D eigenvalue weighted by molar-refractivity contribution is 6.02. The highest BCUT2D eigenvalue weighted by atomic mass is 16.6. The van der Waals surface area contributed by atoms with E-state index in [9.17, 15) is 4.79 Å². The number of oxime groups is 1. The predicted octanol–water partition coefficient (Wildman–Crippen LogP) is 5.22. The minimum Gasteiger partial charge on any atom is -0.487 e. The lowest BCUT2D eigenvalue weighted by molar-refractivity contribution is -0.138. The number of carboxylic acids is 1. The molecule has 3 aromatic rings. The number of aliphatic carboxylic acids is 1. The fourth-order valence-electron chi connectivity index (χ4n) is 3.90. The molecule has 0 saturated heterocycles. The number of anilines is 1. The van der Waals surface area contributed by atoms with Crippen LogP contribution in [-0.4, -0.2) is 30.5 Å². The molecule has 0 bridgehead atoms. The molecule has 1 saturated carbocycles. The predicted molar refractivity (Wildman–Crippen MR) is 129 cm³/mol. The minimum absolute atomic E-state index is 0.157. The maximum atomic E-state index is 11.0. The summed E-state index contributed by atoms with van der Waals surface area (Å²) < 4.78 is 5.94. The standard InChI is InChI=1S/C27H28N2O4/c1-18-5-3-4-6-23(18)26(29-32-2)17-33-22-13-7-19(8-14-22)16-28-21-11-9-20(10-12-21)24-15-25(24)27(30)31/h3-14,24-25,28H,15-17H2,1-2H3,(H,30,31)/b29-26+. The SMILES string of the molecule is CO/N=C(\COc1ccc(CNc2ccc(C3CC3C(=O)O)cc2)cc1)c1ccccc1C. The van der Waals surface area contributed by atoms with Crippen LogP contribution in [0.1, 0.15) is 34.6 Å². The van der Waals surface area contributed by atoms with Gasteiger partial charge in [-0.1, -0.05) is 53.7 Å². The second-order valence-electron chi connectivity index (χ2n) is 8.23. The third-order valence-corrected chi connectivity index (χ3v) is 5.90. The Hall–Kier alpha value is -3.80. The van der Waals surface area contributed by atoms with Crippen molar-refractivity contribution < 1.29 is 19.5 Å². The van der Waals surface area contributed by atoms with E-state index in [1.165, 1.54) is 7.11 Å². The highest BCUT2D eigenvalue weighted by Crippen LogP contribution is 2.47. The molecule has 1 fully saturated rings. The molecule has 0 aromatic heterocycles. The van der Waals surface area contributed by atoms with E-state index >= 15 is 0 Å². The van der Waals surface area contributed by atoms with Crippen molar-refractivity contribution in [3.05, 3.63) is 95.1 Å². The Labute approximate surface area is 193 Å². The molecule has 2 N–H and O–H groups in total. The molecule has 0 amide bonds. The molecule has 33 heavy (non-hydrogen) atoms. The highest BCUT2D eigenvalue weighted by Gasteiger charge is 2.43. The lowest BCUT2D eigenvalue weighted by Gasteiger charge is -2.12. The molecular formula is C27H28N2O4. The number of benzene rings is 3. The van der Waals surface area contributed by atoms with Crippen LogP contribution < -0.4 is 10.1 Å². The minimum atomic E-state index is -0.702. The Morgan fingerprint density at radius 2 is 1.79 bits per heavy atom. The van der Waals surface area contributed by atoms with Gasteiger partial charge in [-0.3, -0.25) is 4.79 Å². The molecule has 170 valence electrons. The maximum Gasteiger partial charge on any atom is 0.307 e. The first-order valence-electron chi connectivity index (χ1n) is 11.0. The first kappa shape index (κ1) is 22.4. The van der Waals surface area contributed by atoms with Crippen LogP contribution in [0.3, 0.4) is 0 Å². The van der Waals surface area contributed by atoms with E-state index in [2.05, 4.69) is 10.5 Å². The molecule has 0 spiro atoms. The van der Waals surface area contributed by atoms with Crippen molar-refractivity contribution >= 4 is 17.4 Å². The molecule has 4 rings (SSSR count). The number of rotatable bonds is 10. The maximum absolute atomic E-state index is 11.0. The number of ether oxygens (including phenoxy) is 1. The van der Waals surface area contributed by atoms with Crippen molar-refractivity contribution in [3.8, 4) is 5.75 Å². The van der Waals surface area contributed by atoms with E-state index in [0.29, 0.717) is 13.2 Å². The summed E-state index contributed by atoms with van der Waals surface area (Å²) in [5, 5.41) is 16.6. The number of nitrogens with zero attached hydrogens (tertiary/aromatic N) is 1. The van der Waals surface area contributed by atoms with Gasteiger partial charge in [0.1, 0.15) is 25.2 Å². The van der Waals surface area contributed by atoms with Gasteiger partial charge in [-0.15, -0.1) is 0 Å². The van der Waals surface area contributed by atoms with Crippen LogP contribution >= 0.6 is 0 Å². The van der Waals surface area contributed by atoms with Gasteiger partial charge in [0.25, 0.3) is 0 Å². The zero-order chi connectivity index (χ0) is 23.2. The number of nitrogens with one attached hydrogen (secondary N) is 1. The van der Waals surface area contributed by atoms with Gasteiger partial charge in [-0.05, 0) is 60.2 Å². The van der Waals surface area contributed by atoms with E-state index in [-0.39, 0.29) is 11.8 Å². The van der Waals surface area contributed by atoms with Crippen molar-refractivity contribution in [1.29, 1.82) is 0 Å². The van der Waals surface area contributed by atoms with Crippen LogP contribution in [0.5, 0.6) is 5.75 Å². The van der Waals surface area contributed by atoms with Crippen LogP contribution in [0.4, 0.5) is 5.69 Å². The second kappa shape index (κ2) is 10.2. The van der Waals surface area contributed by atoms with E-state index in [1.807, 2.05) is 79.7 Å². The zero-order valence-electron chi connectivity index (χ0n) is 18.8. The molecule has 2 unspecified atom stereocenters. The number of hydrogen-bond donors (Lipinski definition) is 2. The smallest absolute Gasteiger partial charge is 0.307 e. The Bertz CT molecular complexity index is 1120. The second-order valence-corrected chi connectivity index (χ2v) is 8.23. The summed E-state index contributed by atoms with van der Waals surface area (Å²) in [6, 6.07) is 24.0. The summed E-state index contributed by atoms with van der Waals surface area (Å²) in [4.78, 5) is 16.1. The largest absolute Gasteiger partial charge is 0.487 e. The van der Waals surface area contributed by atoms with E-state index in [1.54, 1.807) is 0 Å². The zero-order valence-corrected chi connectivity index (χ0v) is 18.8. The topological polar surface area (TPSA) is 80.2 Å². The lowest BCUT2D eigenvalue weighted by atomic mass is 10.0. The molecule has 1 aliphatic rings. The first-order valence-corrected chi connectivity index (χ1v) is 11.0. The lowest BCUT2D eigenvalue weighted by Crippen LogP contribution is -2.14. The van der Waals surface area contributed by atoms with Crippen LogP contribution in [0.25, 0.3) is 0 Å². The third kappa shape index (κ3) is 5.71. The van der Waals surface area contributed by atoms with Gasteiger partial charge in [0.2, 0.25) is 0 Å². The molecule has 2 atom stereocenters. The number of carboxylic acid groups (broad SMARTS) is 1. The third-order valence-electron chi connectivity index (χ3n) is 5.90. The summed E-state index contributed by atoms with van der Waals surface area (Å²) in [7, 11) is 1.53. The van der Waals surface area contributed by atoms with Crippen LogP contribution in [0.15, 0.2) is 78.0 Å². The average molecular weight is 445 g/mol. The van der Waals surface area contributed by atoms with Gasteiger partial charge >= 0.3 is 5.97 Å². The first-order chi connectivity index (χ1) is 16.0. The summed E-state index contributed by atoms with van der Waals surface area (Å²) in [6.45, 7) is 3.03. The van der Waals surface area contributed by atoms with Gasteiger partial charge in [0, 0.05) is 17.8 Å². The Morgan fingerprint density at radius 1 is 1.06 bits per heavy atom. The van der Waals surface area contributed by atoms with Crippen molar-refractivity contribution in [2.24, 2.45) is 11.1 Å². The Kier molecular flexibility index (Phi) is 6.93.